The third kappa shape index (κ3) is 5.40. The standard InChI is InChI=1S/C26H27Cl2N5O3/c1-16-13-19(5-7-22(16)33-10-2-3-24(33)34)29-26(35)17-8-11-32(12-9-17)15-23-30-25(31-36-23)20-6-4-18(27)14-21(20)28/h4-7,13-14,17H,2-3,8-12,15H2,1H3,(H,29,35). The lowest BCUT2D eigenvalue weighted by atomic mass is 9.95. The number of carbonyl (C=O) groups is 2. The Balaban J connectivity index is 1.13. The number of aryl methyl sites for hydroxylation is 1. The summed E-state index contributed by atoms with van der Waals surface area (Å²) in [6, 6.07) is 10.9. The number of aromatic nitrogens is 2. The van der Waals surface area contributed by atoms with Gasteiger partial charge in [0.25, 0.3) is 0 Å². The van der Waals surface area contributed by atoms with Crippen molar-refractivity contribution in [3.05, 3.63) is 57.9 Å². The molecule has 2 aliphatic heterocycles. The molecular formula is C26H27Cl2N5O3. The van der Waals surface area contributed by atoms with E-state index in [2.05, 4.69) is 20.4 Å². The molecule has 0 atom stereocenters. The maximum atomic E-state index is 12.9. The third-order valence-electron chi connectivity index (χ3n) is 6.79. The number of hydrogen-bond acceptors (Lipinski definition) is 6. The SMILES string of the molecule is Cc1cc(NC(=O)C2CCN(Cc3nc(-c4ccc(Cl)cc4Cl)no3)CC2)ccc1N1CCCC1=O. The summed E-state index contributed by atoms with van der Waals surface area (Å²) in [7, 11) is 0. The van der Waals surface area contributed by atoms with Crippen molar-refractivity contribution in [3.63, 3.8) is 0 Å². The highest BCUT2D eigenvalue weighted by molar-refractivity contribution is 6.36. The first-order valence-electron chi connectivity index (χ1n) is 12.1. The number of piperidine rings is 1. The van der Waals surface area contributed by atoms with E-state index in [0.717, 1.165) is 55.8 Å². The Kier molecular flexibility index (Phi) is 7.27. The van der Waals surface area contributed by atoms with Gasteiger partial charge in [-0.1, -0.05) is 28.4 Å². The molecule has 10 heteroatoms. The summed E-state index contributed by atoms with van der Waals surface area (Å²) in [5, 5.41) is 8.12. The first-order valence-corrected chi connectivity index (χ1v) is 12.9. The van der Waals surface area contributed by atoms with Crippen molar-refractivity contribution >= 4 is 46.4 Å². The normalized spacial score (nSPS) is 17.1. The molecule has 2 amide bonds. The van der Waals surface area contributed by atoms with Gasteiger partial charge in [0.15, 0.2) is 0 Å². The molecule has 0 radical (unpaired) electrons. The second-order valence-electron chi connectivity index (χ2n) is 9.33. The van der Waals surface area contributed by atoms with Crippen LogP contribution in [0.25, 0.3) is 11.4 Å². The Hall–Kier alpha value is -2.94. The van der Waals surface area contributed by atoms with Gasteiger partial charge in [-0.3, -0.25) is 14.5 Å². The molecule has 3 aromatic rings. The van der Waals surface area contributed by atoms with E-state index < -0.39 is 0 Å². The van der Waals surface area contributed by atoms with Gasteiger partial charge in [-0.05, 0) is 81.2 Å². The molecule has 1 N–H and O–H groups in total. The average molecular weight is 528 g/mol. The molecule has 0 aliphatic carbocycles. The van der Waals surface area contributed by atoms with Crippen molar-refractivity contribution in [2.24, 2.45) is 5.92 Å². The van der Waals surface area contributed by atoms with Crippen LogP contribution in [0.5, 0.6) is 0 Å². The first-order chi connectivity index (χ1) is 17.4. The van der Waals surface area contributed by atoms with Gasteiger partial charge in [0.05, 0.1) is 11.6 Å². The van der Waals surface area contributed by atoms with Gasteiger partial charge < -0.3 is 14.7 Å². The van der Waals surface area contributed by atoms with Crippen LogP contribution in [-0.2, 0) is 16.1 Å². The number of amides is 2. The minimum absolute atomic E-state index is 0.0245. The van der Waals surface area contributed by atoms with Crippen molar-refractivity contribution in [2.45, 2.75) is 39.2 Å². The molecule has 2 fully saturated rings. The molecule has 0 spiro atoms. The summed E-state index contributed by atoms with van der Waals surface area (Å²) in [4.78, 5) is 33.5. The number of likely N-dealkylation sites (tertiary alicyclic amines) is 1. The largest absolute Gasteiger partial charge is 0.338 e. The number of anilines is 2. The number of benzene rings is 2. The molecule has 2 aromatic carbocycles. The van der Waals surface area contributed by atoms with E-state index in [1.807, 2.05) is 30.0 Å². The van der Waals surface area contributed by atoms with Gasteiger partial charge in [0.2, 0.25) is 23.5 Å². The highest BCUT2D eigenvalue weighted by atomic mass is 35.5. The van der Waals surface area contributed by atoms with Crippen molar-refractivity contribution in [3.8, 4) is 11.4 Å². The van der Waals surface area contributed by atoms with Crippen molar-refractivity contribution in [1.29, 1.82) is 0 Å². The van der Waals surface area contributed by atoms with Gasteiger partial charge in [-0.2, -0.15) is 4.98 Å². The zero-order valence-electron chi connectivity index (χ0n) is 20.0. The molecule has 0 unspecified atom stereocenters. The molecule has 0 bridgehead atoms. The highest BCUT2D eigenvalue weighted by Crippen LogP contribution is 2.30. The minimum atomic E-state index is -0.0625. The van der Waals surface area contributed by atoms with Crippen LogP contribution in [0.3, 0.4) is 0 Å². The molecule has 0 saturated carbocycles. The fourth-order valence-corrected chi connectivity index (χ4v) is 5.32. The van der Waals surface area contributed by atoms with Crippen LogP contribution < -0.4 is 10.2 Å². The second kappa shape index (κ2) is 10.6. The lowest BCUT2D eigenvalue weighted by molar-refractivity contribution is -0.121. The summed E-state index contributed by atoms with van der Waals surface area (Å²) < 4.78 is 5.43. The molecule has 3 heterocycles. The lowest BCUT2D eigenvalue weighted by Gasteiger charge is -2.30. The van der Waals surface area contributed by atoms with Gasteiger partial charge >= 0.3 is 0 Å². The summed E-state index contributed by atoms with van der Waals surface area (Å²) in [5.41, 5.74) is 3.33. The quantitative estimate of drug-likeness (QED) is 0.465. The number of rotatable bonds is 6. The summed E-state index contributed by atoms with van der Waals surface area (Å²) in [5.74, 6) is 1.05. The predicted octanol–water partition coefficient (Wildman–Crippen LogP) is 5.33. The first kappa shape index (κ1) is 24.7. The van der Waals surface area contributed by atoms with Crippen LogP contribution in [0.2, 0.25) is 10.0 Å². The monoisotopic (exact) mass is 527 g/mol. The maximum Gasteiger partial charge on any atom is 0.241 e. The lowest BCUT2D eigenvalue weighted by Crippen LogP contribution is -2.37. The predicted molar refractivity (Wildman–Crippen MR) is 139 cm³/mol. The summed E-state index contributed by atoms with van der Waals surface area (Å²) in [6.07, 6.45) is 2.98. The number of nitrogens with zero attached hydrogens (tertiary/aromatic N) is 4. The van der Waals surface area contributed by atoms with Crippen LogP contribution >= 0.6 is 23.2 Å². The molecule has 1 aromatic heterocycles. The Morgan fingerprint density at radius 2 is 1.94 bits per heavy atom. The van der Waals surface area contributed by atoms with Crippen LogP contribution in [0.15, 0.2) is 40.9 Å². The van der Waals surface area contributed by atoms with Gasteiger partial charge in [-0.15, -0.1) is 0 Å². The van der Waals surface area contributed by atoms with Crippen molar-refractivity contribution < 1.29 is 14.1 Å². The molecular weight excluding hydrogens is 501 g/mol. The highest BCUT2D eigenvalue weighted by Gasteiger charge is 2.27. The van der Waals surface area contributed by atoms with E-state index in [4.69, 9.17) is 27.7 Å². The zero-order valence-corrected chi connectivity index (χ0v) is 21.5. The van der Waals surface area contributed by atoms with Crippen molar-refractivity contribution in [1.82, 2.24) is 15.0 Å². The molecule has 188 valence electrons. The van der Waals surface area contributed by atoms with Gasteiger partial charge in [0.1, 0.15) is 0 Å². The van der Waals surface area contributed by atoms with Crippen LogP contribution in [-0.4, -0.2) is 46.5 Å². The molecule has 2 saturated heterocycles. The summed E-state index contributed by atoms with van der Waals surface area (Å²) >= 11 is 12.2. The smallest absolute Gasteiger partial charge is 0.241 e. The van der Waals surface area contributed by atoms with E-state index in [9.17, 15) is 9.59 Å². The molecule has 2 aliphatic rings. The van der Waals surface area contributed by atoms with Crippen LogP contribution in [0.4, 0.5) is 11.4 Å². The topological polar surface area (TPSA) is 91.6 Å². The number of carbonyl (C=O) groups excluding carboxylic acids is 2. The van der Waals surface area contributed by atoms with Crippen molar-refractivity contribution in [2.75, 3.05) is 29.9 Å². The van der Waals surface area contributed by atoms with E-state index in [1.165, 1.54) is 0 Å². The van der Waals surface area contributed by atoms with Gasteiger partial charge in [-0.25, -0.2) is 0 Å². The maximum absolute atomic E-state index is 12.9. The zero-order chi connectivity index (χ0) is 25.2. The molecule has 8 nitrogen and oxygen atoms in total. The van der Waals surface area contributed by atoms with Crippen LogP contribution in [0.1, 0.15) is 37.1 Å². The summed E-state index contributed by atoms with van der Waals surface area (Å²) in [6.45, 7) is 4.75. The van der Waals surface area contributed by atoms with E-state index in [1.54, 1.807) is 18.2 Å². The fourth-order valence-electron chi connectivity index (χ4n) is 4.83. The Morgan fingerprint density at radius 3 is 2.64 bits per heavy atom. The van der Waals surface area contributed by atoms with Gasteiger partial charge in [0, 0.05) is 40.8 Å². The van der Waals surface area contributed by atoms with E-state index >= 15 is 0 Å². The number of hydrogen-bond donors (Lipinski definition) is 1. The average Bonchev–Trinajstić information content (AvgIpc) is 3.48. The minimum Gasteiger partial charge on any atom is -0.338 e. The number of nitrogens with one attached hydrogen (secondary N) is 1. The molecule has 36 heavy (non-hydrogen) atoms. The second-order valence-corrected chi connectivity index (χ2v) is 10.2. The Bertz CT molecular complexity index is 1290. The van der Waals surface area contributed by atoms with E-state index in [-0.39, 0.29) is 17.7 Å². The fraction of sp³-hybridized carbons (Fsp3) is 0.385. The molecule has 5 rings (SSSR count). The third-order valence-corrected chi connectivity index (χ3v) is 7.33. The number of halogens is 2. The van der Waals surface area contributed by atoms with E-state index in [0.29, 0.717) is 40.3 Å². The van der Waals surface area contributed by atoms with Crippen LogP contribution in [0, 0.1) is 12.8 Å². The Morgan fingerprint density at radius 1 is 1.14 bits per heavy atom. The Labute approximate surface area is 219 Å².